The van der Waals surface area contributed by atoms with Gasteiger partial charge in [0.25, 0.3) is 0 Å². The van der Waals surface area contributed by atoms with E-state index >= 15 is 0 Å². The van der Waals surface area contributed by atoms with E-state index in [1.165, 1.54) is 6.07 Å². The first-order valence-corrected chi connectivity index (χ1v) is 4.67. The third-order valence-corrected chi connectivity index (χ3v) is 2.32. The van der Waals surface area contributed by atoms with Gasteiger partial charge in [-0.3, -0.25) is 0 Å². The lowest BCUT2D eigenvalue weighted by molar-refractivity contribution is -0.149. The Bertz CT molecular complexity index is 337. The van der Waals surface area contributed by atoms with E-state index in [-0.39, 0.29) is 0 Å². The molecule has 2 N–H and O–H groups in total. The standard InChI is InChI=1S/C8H6F4IN/c9-6-3-4(13)1-2-5(6)7(14)8(10,11)12/h1-3,7H,14H2/t7-/m0/s1. The third kappa shape index (κ3) is 2.57. The number of hydrogen-bond acceptors (Lipinski definition) is 1. The minimum atomic E-state index is -4.62. The lowest BCUT2D eigenvalue weighted by Gasteiger charge is -2.16. The van der Waals surface area contributed by atoms with Crippen molar-refractivity contribution in [2.45, 2.75) is 12.2 Å². The number of hydrogen-bond donors (Lipinski definition) is 1. The van der Waals surface area contributed by atoms with Crippen molar-refractivity contribution in [3.63, 3.8) is 0 Å². The van der Waals surface area contributed by atoms with Crippen LogP contribution in [0.3, 0.4) is 0 Å². The van der Waals surface area contributed by atoms with E-state index in [9.17, 15) is 17.6 Å². The average molecular weight is 319 g/mol. The van der Waals surface area contributed by atoms with E-state index < -0.39 is 23.6 Å². The van der Waals surface area contributed by atoms with Crippen LogP contribution in [0, 0.1) is 9.39 Å². The monoisotopic (exact) mass is 319 g/mol. The number of benzene rings is 1. The maximum Gasteiger partial charge on any atom is 0.407 e. The zero-order valence-electron chi connectivity index (χ0n) is 6.78. The summed E-state index contributed by atoms with van der Waals surface area (Å²) in [6.07, 6.45) is -4.62. The highest BCUT2D eigenvalue weighted by Gasteiger charge is 2.39. The summed E-state index contributed by atoms with van der Waals surface area (Å²) in [6.45, 7) is 0. The Balaban J connectivity index is 3.08. The molecule has 0 heterocycles. The van der Waals surface area contributed by atoms with Crippen LogP contribution in [0.15, 0.2) is 18.2 Å². The van der Waals surface area contributed by atoms with Crippen LogP contribution in [0.4, 0.5) is 17.6 Å². The number of alkyl halides is 3. The van der Waals surface area contributed by atoms with Crippen LogP contribution < -0.4 is 5.73 Å². The molecule has 1 nitrogen and oxygen atoms in total. The Kier molecular flexibility index (Phi) is 3.36. The molecule has 0 amide bonds. The molecule has 0 radical (unpaired) electrons. The van der Waals surface area contributed by atoms with Crippen molar-refractivity contribution in [1.29, 1.82) is 0 Å². The average Bonchev–Trinajstić information content (AvgIpc) is 2.01. The van der Waals surface area contributed by atoms with Gasteiger partial charge in [0.05, 0.1) is 0 Å². The quantitative estimate of drug-likeness (QED) is 0.625. The van der Waals surface area contributed by atoms with E-state index in [1.54, 1.807) is 22.6 Å². The highest BCUT2D eigenvalue weighted by Crippen LogP contribution is 2.32. The van der Waals surface area contributed by atoms with Crippen molar-refractivity contribution in [1.82, 2.24) is 0 Å². The summed E-state index contributed by atoms with van der Waals surface area (Å²) < 4.78 is 49.9. The molecule has 6 heteroatoms. The van der Waals surface area contributed by atoms with E-state index in [1.807, 2.05) is 0 Å². The highest BCUT2D eigenvalue weighted by atomic mass is 127. The second-order valence-electron chi connectivity index (χ2n) is 2.69. The predicted octanol–water partition coefficient (Wildman–Crippen LogP) is 2.99. The summed E-state index contributed by atoms with van der Waals surface area (Å²) in [7, 11) is 0. The fraction of sp³-hybridized carbons (Fsp3) is 0.250. The second kappa shape index (κ2) is 4.01. The van der Waals surface area contributed by atoms with Gasteiger partial charge in [-0.25, -0.2) is 4.39 Å². The molecule has 1 atom stereocenters. The Morgan fingerprint density at radius 3 is 2.29 bits per heavy atom. The lowest BCUT2D eigenvalue weighted by Crippen LogP contribution is -2.29. The molecule has 78 valence electrons. The van der Waals surface area contributed by atoms with E-state index in [4.69, 9.17) is 5.73 Å². The Hall–Kier alpha value is -0.370. The molecule has 0 saturated heterocycles. The zero-order valence-corrected chi connectivity index (χ0v) is 8.93. The van der Waals surface area contributed by atoms with Crippen molar-refractivity contribution in [2.24, 2.45) is 5.73 Å². The third-order valence-electron chi connectivity index (χ3n) is 1.65. The van der Waals surface area contributed by atoms with Crippen molar-refractivity contribution >= 4 is 22.6 Å². The van der Waals surface area contributed by atoms with Crippen LogP contribution in [0.5, 0.6) is 0 Å². The molecule has 0 spiro atoms. The topological polar surface area (TPSA) is 26.0 Å². The van der Waals surface area contributed by atoms with Crippen LogP contribution >= 0.6 is 22.6 Å². The summed E-state index contributed by atoms with van der Waals surface area (Å²) in [5, 5.41) is 0. The van der Waals surface area contributed by atoms with E-state index in [0.29, 0.717) is 3.57 Å². The molecular formula is C8H6F4IN. The minimum absolute atomic E-state index is 0.526. The van der Waals surface area contributed by atoms with Gasteiger partial charge in [-0.1, -0.05) is 6.07 Å². The van der Waals surface area contributed by atoms with Crippen molar-refractivity contribution in [3.8, 4) is 0 Å². The van der Waals surface area contributed by atoms with Gasteiger partial charge in [0, 0.05) is 9.13 Å². The van der Waals surface area contributed by atoms with Gasteiger partial charge in [-0.05, 0) is 34.7 Å². The minimum Gasteiger partial charge on any atom is -0.316 e. The van der Waals surface area contributed by atoms with Gasteiger partial charge < -0.3 is 5.73 Å². The lowest BCUT2D eigenvalue weighted by atomic mass is 10.1. The van der Waals surface area contributed by atoms with Gasteiger partial charge in [0.1, 0.15) is 11.9 Å². The molecule has 0 aliphatic carbocycles. The van der Waals surface area contributed by atoms with Gasteiger partial charge in [0.2, 0.25) is 0 Å². The van der Waals surface area contributed by atoms with Crippen molar-refractivity contribution < 1.29 is 17.6 Å². The van der Waals surface area contributed by atoms with Crippen LogP contribution in [-0.2, 0) is 0 Å². The first-order valence-electron chi connectivity index (χ1n) is 3.59. The molecule has 1 rings (SSSR count). The molecule has 0 aromatic heterocycles. The fourth-order valence-corrected chi connectivity index (χ4v) is 1.38. The van der Waals surface area contributed by atoms with Crippen LogP contribution in [-0.4, -0.2) is 6.18 Å². The van der Waals surface area contributed by atoms with Gasteiger partial charge in [0.15, 0.2) is 0 Å². The molecular weight excluding hydrogens is 313 g/mol. The van der Waals surface area contributed by atoms with Gasteiger partial charge >= 0.3 is 6.18 Å². The molecule has 0 fully saturated rings. The zero-order chi connectivity index (χ0) is 10.9. The number of nitrogens with two attached hydrogens (primary N) is 1. The summed E-state index contributed by atoms with van der Waals surface area (Å²) in [4.78, 5) is 0. The second-order valence-corrected chi connectivity index (χ2v) is 3.93. The Morgan fingerprint density at radius 2 is 1.86 bits per heavy atom. The summed E-state index contributed by atoms with van der Waals surface area (Å²) >= 11 is 1.80. The summed E-state index contributed by atoms with van der Waals surface area (Å²) in [5.41, 5.74) is 4.33. The molecule has 0 unspecified atom stereocenters. The highest BCUT2D eigenvalue weighted by molar-refractivity contribution is 14.1. The largest absolute Gasteiger partial charge is 0.407 e. The first-order chi connectivity index (χ1) is 6.32. The normalized spacial score (nSPS) is 14.1. The SMILES string of the molecule is N[C@@H](c1ccc(I)cc1F)C(F)(F)F. The number of rotatable bonds is 1. The fourth-order valence-electron chi connectivity index (χ4n) is 0.930. The molecule has 1 aromatic carbocycles. The predicted molar refractivity (Wildman–Crippen MR) is 52.1 cm³/mol. The Morgan fingerprint density at radius 1 is 1.29 bits per heavy atom. The molecule has 0 bridgehead atoms. The molecule has 14 heavy (non-hydrogen) atoms. The van der Waals surface area contributed by atoms with E-state index in [0.717, 1.165) is 12.1 Å². The van der Waals surface area contributed by atoms with Crippen LogP contribution in [0.2, 0.25) is 0 Å². The molecule has 1 aromatic rings. The molecule has 0 aliphatic heterocycles. The maximum absolute atomic E-state index is 13.0. The Labute approximate surface area is 91.4 Å². The maximum atomic E-state index is 13.0. The molecule has 0 saturated carbocycles. The van der Waals surface area contributed by atoms with Gasteiger partial charge in [-0.15, -0.1) is 0 Å². The molecule has 0 aliphatic rings. The van der Waals surface area contributed by atoms with E-state index in [2.05, 4.69) is 0 Å². The summed E-state index contributed by atoms with van der Waals surface area (Å²) in [6, 6.07) is 1.18. The summed E-state index contributed by atoms with van der Waals surface area (Å²) in [5.74, 6) is -0.929. The number of halogens is 5. The van der Waals surface area contributed by atoms with Crippen LogP contribution in [0.25, 0.3) is 0 Å². The smallest absolute Gasteiger partial charge is 0.316 e. The van der Waals surface area contributed by atoms with Crippen LogP contribution in [0.1, 0.15) is 11.6 Å². The van der Waals surface area contributed by atoms with Crippen molar-refractivity contribution in [3.05, 3.63) is 33.1 Å². The first kappa shape index (κ1) is 11.7. The van der Waals surface area contributed by atoms with Gasteiger partial charge in [-0.2, -0.15) is 13.2 Å². The van der Waals surface area contributed by atoms with Crippen molar-refractivity contribution in [2.75, 3.05) is 0 Å².